The second-order valence-electron chi connectivity index (χ2n) is 10.3. The summed E-state index contributed by atoms with van der Waals surface area (Å²) < 4.78 is 41.0. The third kappa shape index (κ3) is 6.46. The number of aliphatic hydroxyl groups is 1. The summed E-state index contributed by atoms with van der Waals surface area (Å²) in [7, 11) is 0. The van der Waals surface area contributed by atoms with Gasteiger partial charge in [0.2, 0.25) is 0 Å². The fourth-order valence-electron chi connectivity index (χ4n) is 5.24. The average Bonchev–Trinajstić information content (AvgIpc) is 3.48. The largest absolute Gasteiger partial charge is 0.459 e. The molecule has 2 bridgehead atoms. The van der Waals surface area contributed by atoms with Crippen LogP contribution in [-0.4, -0.2) is 91.9 Å². The van der Waals surface area contributed by atoms with Gasteiger partial charge in [-0.3, -0.25) is 0 Å². The number of aliphatic hydroxyl groups excluding tert-OH is 1. The molecule has 0 spiro atoms. The van der Waals surface area contributed by atoms with Crippen LogP contribution in [-0.2, 0) is 33.2 Å². The first-order chi connectivity index (χ1) is 21.0. The van der Waals surface area contributed by atoms with E-state index in [0.717, 1.165) is 0 Å². The van der Waals surface area contributed by atoms with Gasteiger partial charge < -0.3 is 38.3 Å². The quantitative estimate of drug-likeness (QED) is 0.291. The number of hydrogen-bond donors (Lipinski definition) is 1. The molecular weight excluding hydrogens is 560 g/mol. The molecule has 0 unspecified atom stereocenters. The van der Waals surface area contributed by atoms with Crippen molar-refractivity contribution < 1.29 is 52.6 Å². The van der Waals surface area contributed by atoms with Gasteiger partial charge in [-0.15, -0.1) is 0 Å². The van der Waals surface area contributed by atoms with Crippen LogP contribution in [0.5, 0.6) is 0 Å². The van der Waals surface area contributed by atoms with E-state index in [-0.39, 0.29) is 30.9 Å². The lowest BCUT2D eigenvalue weighted by Crippen LogP contribution is -2.51. The van der Waals surface area contributed by atoms with Crippen molar-refractivity contribution in [2.45, 2.75) is 49.0 Å². The molecule has 8 atom stereocenters. The highest BCUT2D eigenvalue weighted by Gasteiger charge is 2.54. The molecule has 3 saturated heterocycles. The van der Waals surface area contributed by atoms with E-state index in [1.165, 1.54) is 0 Å². The summed E-state index contributed by atoms with van der Waals surface area (Å²) in [5, 5.41) is 10.5. The van der Waals surface area contributed by atoms with Gasteiger partial charge in [0.25, 0.3) is 0 Å². The maximum atomic E-state index is 13.2. The Kier molecular flexibility index (Phi) is 8.77. The van der Waals surface area contributed by atoms with Gasteiger partial charge in [0.1, 0.15) is 37.1 Å². The van der Waals surface area contributed by atoms with Crippen LogP contribution < -0.4 is 0 Å². The van der Waals surface area contributed by atoms with Crippen molar-refractivity contribution in [2.75, 3.05) is 19.8 Å². The molecule has 3 fully saturated rings. The Morgan fingerprint density at radius 3 is 1.81 bits per heavy atom. The zero-order chi connectivity index (χ0) is 29.8. The lowest BCUT2D eigenvalue weighted by Gasteiger charge is -2.34. The summed E-state index contributed by atoms with van der Waals surface area (Å²) >= 11 is 0. The summed E-state index contributed by atoms with van der Waals surface area (Å²) in [6, 6.07) is 24.9. The number of esters is 3. The van der Waals surface area contributed by atoms with Crippen molar-refractivity contribution in [2.24, 2.45) is 0 Å². The van der Waals surface area contributed by atoms with Crippen molar-refractivity contribution in [1.82, 2.24) is 0 Å². The molecule has 0 aliphatic carbocycles. The summed E-state index contributed by atoms with van der Waals surface area (Å²) in [5.74, 6) is -2.02. The standard InChI is InChI=1S/C32H30O11/c33-25-22-16-38-26(25)23(17-37-22)40-32-28(43-31(36)21-14-8-3-9-15-21)27(42-30(35)20-12-6-2-7-13-20)24(41-32)18-39-29(34)19-10-4-1-5-11-19/h1-15,22-28,32-33H,16-18H2/t22-,23+,24+,25-,26-,27+,28-,32-/m0/s1. The van der Waals surface area contributed by atoms with Gasteiger partial charge in [-0.25, -0.2) is 14.4 Å². The van der Waals surface area contributed by atoms with Crippen molar-refractivity contribution in [1.29, 1.82) is 0 Å². The second-order valence-corrected chi connectivity index (χ2v) is 10.3. The highest BCUT2D eigenvalue weighted by atomic mass is 16.8. The first kappa shape index (κ1) is 29.0. The van der Waals surface area contributed by atoms with Crippen LogP contribution >= 0.6 is 0 Å². The SMILES string of the molecule is O=C(OC[C@H]1O[C@H](O[C@@H]2CO[C@H]3CO[C@@H]2[C@H]3O)[C@@H](OC(=O)c2ccccc2)[C@@H]1OC(=O)c1ccccc1)c1ccccc1. The fraction of sp³-hybridized carbons (Fsp3) is 0.344. The first-order valence-corrected chi connectivity index (χ1v) is 13.9. The number of rotatable bonds is 9. The summed E-state index contributed by atoms with van der Waals surface area (Å²) in [6.45, 7) is -0.0434. The van der Waals surface area contributed by atoms with Crippen LogP contribution in [0.3, 0.4) is 0 Å². The van der Waals surface area contributed by atoms with E-state index in [4.69, 9.17) is 33.2 Å². The monoisotopic (exact) mass is 590 g/mol. The van der Waals surface area contributed by atoms with Crippen LogP contribution in [0.25, 0.3) is 0 Å². The molecular formula is C32H30O11. The van der Waals surface area contributed by atoms with Gasteiger partial charge in [0.05, 0.1) is 29.9 Å². The van der Waals surface area contributed by atoms with Gasteiger partial charge in [-0.05, 0) is 36.4 Å². The summed E-state index contributed by atoms with van der Waals surface area (Å²) in [4.78, 5) is 39.2. The van der Waals surface area contributed by atoms with Gasteiger partial charge in [0.15, 0.2) is 18.5 Å². The van der Waals surface area contributed by atoms with Crippen molar-refractivity contribution in [3.05, 3.63) is 108 Å². The van der Waals surface area contributed by atoms with Crippen LogP contribution in [0.1, 0.15) is 31.1 Å². The topological polar surface area (TPSA) is 136 Å². The maximum Gasteiger partial charge on any atom is 0.338 e. The van der Waals surface area contributed by atoms with E-state index in [9.17, 15) is 19.5 Å². The zero-order valence-corrected chi connectivity index (χ0v) is 22.9. The molecule has 6 rings (SSSR count). The van der Waals surface area contributed by atoms with Crippen LogP contribution in [0.2, 0.25) is 0 Å². The van der Waals surface area contributed by atoms with Crippen molar-refractivity contribution in [3.63, 3.8) is 0 Å². The van der Waals surface area contributed by atoms with Crippen LogP contribution in [0.15, 0.2) is 91.0 Å². The Balaban J connectivity index is 1.27. The minimum Gasteiger partial charge on any atom is -0.459 e. The Bertz CT molecular complexity index is 1400. The minimum absolute atomic E-state index is 0.0910. The fourth-order valence-corrected chi connectivity index (χ4v) is 5.24. The Morgan fingerprint density at radius 1 is 0.698 bits per heavy atom. The molecule has 3 heterocycles. The molecule has 11 nitrogen and oxygen atoms in total. The third-order valence-corrected chi connectivity index (χ3v) is 7.48. The van der Waals surface area contributed by atoms with Crippen molar-refractivity contribution in [3.8, 4) is 0 Å². The second kappa shape index (κ2) is 13.0. The lowest BCUT2D eigenvalue weighted by molar-refractivity contribution is -0.239. The third-order valence-electron chi connectivity index (χ3n) is 7.48. The number of hydrogen-bond acceptors (Lipinski definition) is 11. The summed E-state index contributed by atoms with van der Waals surface area (Å²) in [5.41, 5.74) is 0.834. The van der Waals surface area contributed by atoms with Gasteiger partial charge >= 0.3 is 17.9 Å². The molecule has 0 saturated carbocycles. The Hall–Kier alpha value is -4.13. The number of ether oxygens (including phenoxy) is 7. The number of benzene rings is 3. The van der Waals surface area contributed by atoms with Gasteiger partial charge in [-0.1, -0.05) is 54.6 Å². The highest BCUT2D eigenvalue weighted by molar-refractivity contribution is 5.91. The lowest BCUT2D eigenvalue weighted by atomic mass is 10.0. The Morgan fingerprint density at radius 2 is 1.23 bits per heavy atom. The summed E-state index contributed by atoms with van der Waals surface area (Å²) in [6.07, 6.45) is -7.75. The van der Waals surface area contributed by atoms with Crippen LogP contribution in [0, 0.1) is 0 Å². The number of fused-ring (bicyclic) bond motifs is 2. The predicted molar refractivity (Wildman–Crippen MR) is 147 cm³/mol. The van der Waals surface area contributed by atoms with E-state index < -0.39 is 66.9 Å². The minimum atomic E-state index is -1.29. The van der Waals surface area contributed by atoms with E-state index in [1.807, 2.05) is 0 Å². The highest BCUT2D eigenvalue weighted by Crippen LogP contribution is 2.34. The molecule has 11 heteroatoms. The zero-order valence-electron chi connectivity index (χ0n) is 22.9. The van der Waals surface area contributed by atoms with Gasteiger partial charge in [-0.2, -0.15) is 0 Å². The Labute approximate surface area is 247 Å². The molecule has 3 aromatic carbocycles. The molecule has 0 aromatic heterocycles. The molecule has 0 radical (unpaired) electrons. The molecule has 1 N–H and O–H groups in total. The molecule has 0 amide bonds. The van der Waals surface area contributed by atoms with Crippen LogP contribution in [0.4, 0.5) is 0 Å². The van der Waals surface area contributed by atoms with E-state index in [0.29, 0.717) is 5.56 Å². The van der Waals surface area contributed by atoms with Gasteiger partial charge in [0, 0.05) is 0 Å². The van der Waals surface area contributed by atoms with E-state index in [1.54, 1.807) is 91.0 Å². The molecule has 43 heavy (non-hydrogen) atoms. The van der Waals surface area contributed by atoms with Crippen molar-refractivity contribution >= 4 is 17.9 Å². The normalized spacial score (nSPS) is 29.5. The average molecular weight is 591 g/mol. The number of carbonyl (C=O) groups excluding carboxylic acids is 3. The smallest absolute Gasteiger partial charge is 0.338 e. The first-order valence-electron chi connectivity index (χ1n) is 13.9. The molecule has 3 aliphatic heterocycles. The number of carbonyl (C=O) groups is 3. The maximum absolute atomic E-state index is 13.2. The molecule has 3 aromatic rings. The van der Waals surface area contributed by atoms with E-state index >= 15 is 0 Å². The predicted octanol–water partition coefficient (Wildman–Crippen LogP) is 2.56. The van der Waals surface area contributed by atoms with E-state index in [2.05, 4.69) is 0 Å². The molecule has 224 valence electrons. The molecule has 3 aliphatic rings.